The number of halogens is 1. The summed E-state index contributed by atoms with van der Waals surface area (Å²) in [7, 11) is -2.02. The first kappa shape index (κ1) is 20.8. The fourth-order valence-electron chi connectivity index (χ4n) is 3.00. The quantitative estimate of drug-likeness (QED) is 0.513. The van der Waals surface area contributed by atoms with E-state index in [0.29, 0.717) is 22.6 Å². The normalized spacial score (nSPS) is 16.5. The minimum absolute atomic E-state index is 0.0362. The summed E-state index contributed by atoms with van der Waals surface area (Å²) < 4.78 is 46.7. The first-order valence-corrected chi connectivity index (χ1v) is 10.8. The number of amides is 1. The van der Waals surface area contributed by atoms with E-state index in [2.05, 4.69) is 24.6 Å². The highest BCUT2D eigenvalue weighted by molar-refractivity contribution is 7.85. The second kappa shape index (κ2) is 8.00. The zero-order valence-electron chi connectivity index (χ0n) is 16.5. The van der Waals surface area contributed by atoms with Crippen LogP contribution in [0.2, 0.25) is 0 Å². The van der Waals surface area contributed by atoms with Crippen molar-refractivity contribution in [1.82, 2.24) is 25.2 Å². The molecule has 0 radical (unpaired) electrons. The lowest BCUT2D eigenvalue weighted by Crippen LogP contribution is -2.26. The molecule has 1 fully saturated rings. The topological polar surface area (TPSA) is 129 Å². The number of aromatic nitrogens is 5. The third-order valence-electron chi connectivity index (χ3n) is 4.42. The lowest BCUT2D eigenvalue weighted by molar-refractivity contribution is 0.107. The number of rotatable bonds is 6. The SMILES string of the molecule is Cn1nnc(-c2ccc(-c3ccc(N4C[C@H](COS(C)(=O)=O)OC4=O)cc3F)cn2)n1. The van der Waals surface area contributed by atoms with Gasteiger partial charge in [-0.3, -0.25) is 14.1 Å². The number of tetrazole rings is 1. The fraction of sp³-hybridized carbons (Fsp3) is 0.278. The van der Waals surface area contributed by atoms with Crippen LogP contribution in [0.25, 0.3) is 22.6 Å². The fourth-order valence-corrected chi connectivity index (χ4v) is 3.40. The summed E-state index contributed by atoms with van der Waals surface area (Å²) in [6.45, 7) is -0.269. The Morgan fingerprint density at radius 2 is 2.10 bits per heavy atom. The highest BCUT2D eigenvalue weighted by Gasteiger charge is 2.33. The maximum Gasteiger partial charge on any atom is 0.414 e. The van der Waals surface area contributed by atoms with Gasteiger partial charge in [-0.25, -0.2) is 9.18 Å². The Labute approximate surface area is 176 Å². The molecule has 3 heterocycles. The molecule has 162 valence electrons. The molecular weight excluding hydrogens is 431 g/mol. The van der Waals surface area contributed by atoms with Gasteiger partial charge in [0.15, 0.2) is 0 Å². The summed E-state index contributed by atoms with van der Waals surface area (Å²) in [5.41, 5.74) is 1.59. The van der Waals surface area contributed by atoms with Gasteiger partial charge < -0.3 is 4.74 Å². The number of hydrogen-bond acceptors (Lipinski definition) is 9. The van der Waals surface area contributed by atoms with Gasteiger partial charge >= 0.3 is 6.09 Å². The maximum absolute atomic E-state index is 14.8. The van der Waals surface area contributed by atoms with E-state index in [-0.39, 0.29) is 18.8 Å². The first-order valence-electron chi connectivity index (χ1n) is 9.02. The lowest BCUT2D eigenvalue weighted by Gasteiger charge is -2.14. The van der Waals surface area contributed by atoms with Crippen LogP contribution in [0, 0.1) is 5.82 Å². The van der Waals surface area contributed by atoms with Crippen LogP contribution in [0.1, 0.15) is 0 Å². The van der Waals surface area contributed by atoms with Crippen molar-refractivity contribution >= 4 is 21.9 Å². The van der Waals surface area contributed by atoms with E-state index in [4.69, 9.17) is 4.74 Å². The summed E-state index contributed by atoms with van der Waals surface area (Å²) in [6, 6.07) is 7.63. The summed E-state index contributed by atoms with van der Waals surface area (Å²) in [6.07, 6.45) is 0.904. The average Bonchev–Trinajstić information content (AvgIpc) is 3.31. The largest absolute Gasteiger partial charge is 0.441 e. The molecule has 1 aliphatic heterocycles. The Morgan fingerprint density at radius 1 is 1.29 bits per heavy atom. The van der Waals surface area contributed by atoms with Crippen molar-refractivity contribution in [2.24, 2.45) is 7.05 Å². The van der Waals surface area contributed by atoms with Gasteiger partial charge in [0, 0.05) is 17.3 Å². The monoisotopic (exact) mass is 448 g/mol. The third-order valence-corrected chi connectivity index (χ3v) is 4.98. The molecule has 2 aromatic heterocycles. The van der Waals surface area contributed by atoms with Crippen molar-refractivity contribution in [3.05, 3.63) is 42.3 Å². The highest BCUT2D eigenvalue weighted by atomic mass is 32.2. The van der Waals surface area contributed by atoms with Gasteiger partial charge in [-0.1, -0.05) is 6.07 Å². The number of hydrogen-bond donors (Lipinski definition) is 0. The summed E-state index contributed by atoms with van der Waals surface area (Å²) in [5, 5.41) is 11.7. The number of nitrogens with zero attached hydrogens (tertiary/aromatic N) is 6. The van der Waals surface area contributed by atoms with Crippen LogP contribution in [-0.2, 0) is 26.1 Å². The highest BCUT2D eigenvalue weighted by Crippen LogP contribution is 2.29. The number of aryl methyl sites for hydroxylation is 1. The van der Waals surface area contributed by atoms with E-state index in [1.54, 1.807) is 25.2 Å². The number of pyridine rings is 1. The molecule has 0 unspecified atom stereocenters. The number of anilines is 1. The molecule has 0 N–H and O–H groups in total. The summed E-state index contributed by atoms with van der Waals surface area (Å²) in [5.74, 6) is -0.208. The van der Waals surface area contributed by atoms with Crippen molar-refractivity contribution in [2.75, 3.05) is 24.3 Å². The van der Waals surface area contributed by atoms with Crippen LogP contribution in [0.5, 0.6) is 0 Å². The standard InChI is InChI=1S/C18H17FN6O5S/c1-24-22-17(21-23-24)16-6-3-11(8-20-16)14-5-4-12(7-15(14)19)25-9-13(30-18(25)26)10-29-31(2,27)28/h3-8,13H,9-10H2,1-2H3/t13-/m1/s1. The summed E-state index contributed by atoms with van der Waals surface area (Å²) in [4.78, 5) is 18.9. The smallest absolute Gasteiger partial charge is 0.414 e. The first-order chi connectivity index (χ1) is 14.7. The molecule has 13 heteroatoms. The number of benzene rings is 1. The Morgan fingerprint density at radius 3 is 2.71 bits per heavy atom. The van der Waals surface area contributed by atoms with E-state index in [1.807, 2.05) is 0 Å². The molecule has 31 heavy (non-hydrogen) atoms. The lowest BCUT2D eigenvalue weighted by atomic mass is 10.1. The Bertz CT molecular complexity index is 1230. The second-order valence-electron chi connectivity index (χ2n) is 6.80. The van der Waals surface area contributed by atoms with E-state index in [1.165, 1.54) is 28.0 Å². The molecule has 1 aliphatic rings. The molecule has 0 bridgehead atoms. The molecule has 1 aromatic carbocycles. The van der Waals surface area contributed by atoms with Crippen molar-refractivity contribution in [2.45, 2.75) is 6.10 Å². The number of ether oxygens (including phenoxy) is 1. The number of carbonyl (C=O) groups excluding carboxylic acids is 1. The zero-order valence-corrected chi connectivity index (χ0v) is 17.3. The molecule has 0 aliphatic carbocycles. The third kappa shape index (κ3) is 4.67. The predicted octanol–water partition coefficient (Wildman–Crippen LogP) is 1.38. The Kier molecular flexibility index (Phi) is 5.37. The average molecular weight is 448 g/mol. The van der Waals surface area contributed by atoms with Gasteiger partial charge in [-0.15, -0.1) is 10.2 Å². The van der Waals surface area contributed by atoms with Crippen molar-refractivity contribution in [3.8, 4) is 22.6 Å². The molecule has 1 atom stereocenters. The molecule has 0 saturated carbocycles. The molecule has 0 spiro atoms. The van der Waals surface area contributed by atoms with Crippen molar-refractivity contribution < 1.29 is 26.5 Å². The molecule has 1 amide bonds. The van der Waals surface area contributed by atoms with Crippen LogP contribution >= 0.6 is 0 Å². The Balaban J connectivity index is 1.50. The minimum atomic E-state index is -3.66. The zero-order chi connectivity index (χ0) is 22.2. The van der Waals surface area contributed by atoms with Gasteiger partial charge in [-0.05, 0) is 29.5 Å². The van der Waals surface area contributed by atoms with E-state index < -0.39 is 28.1 Å². The summed E-state index contributed by atoms with van der Waals surface area (Å²) >= 11 is 0. The van der Waals surface area contributed by atoms with Gasteiger partial charge in [-0.2, -0.15) is 13.2 Å². The Hall–Kier alpha value is -3.45. The predicted molar refractivity (Wildman–Crippen MR) is 106 cm³/mol. The van der Waals surface area contributed by atoms with E-state index >= 15 is 0 Å². The molecular formula is C18H17FN6O5S. The second-order valence-corrected chi connectivity index (χ2v) is 8.45. The van der Waals surface area contributed by atoms with Crippen LogP contribution in [-0.4, -0.2) is 65.2 Å². The minimum Gasteiger partial charge on any atom is -0.441 e. The van der Waals surface area contributed by atoms with Crippen molar-refractivity contribution in [1.29, 1.82) is 0 Å². The molecule has 11 nitrogen and oxygen atoms in total. The van der Waals surface area contributed by atoms with Gasteiger partial charge in [0.2, 0.25) is 5.82 Å². The van der Waals surface area contributed by atoms with E-state index in [9.17, 15) is 17.6 Å². The van der Waals surface area contributed by atoms with Crippen LogP contribution in [0.4, 0.5) is 14.9 Å². The van der Waals surface area contributed by atoms with Gasteiger partial charge in [0.1, 0.15) is 24.2 Å². The number of cyclic esters (lactones) is 1. The molecule has 1 saturated heterocycles. The molecule has 4 rings (SSSR count). The van der Waals surface area contributed by atoms with Crippen LogP contribution < -0.4 is 4.90 Å². The van der Waals surface area contributed by atoms with Crippen LogP contribution in [0.15, 0.2) is 36.5 Å². The van der Waals surface area contributed by atoms with Crippen molar-refractivity contribution in [3.63, 3.8) is 0 Å². The van der Waals surface area contributed by atoms with Gasteiger partial charge in [0.25, 0.3) is 10.1 Å². The maximum atomic E-state index is 14.8. The van der Waals surface area contributed by atoms with E-state index in [0.717, 1.165) is 6.26 Å². The number of carbonyl (C=O) groups is 1. The molecule has 3 aromatic rings. The van der Waals surface area contributed by atoms with Gasteiger partial charge in [0.05, 0.1) is 25.5 Å². The van der Waals surface area contributed by atoms with Crippen LogP contribution in [0.3, 0.4) is 0 Å².